The minimum atomic E-state index is 0.339. The summed E-state index contributed by atoms with van der Waals surface area (Å²) in [4.78, 5) is 29.6. The van der Waals surface area contributed by atoms with E-state index in [-0.39, 0.29) is 0 Å². The third kappa shape index (κ3) is 3.43. The van der Waals surface area contributed by atoms with Crippen molar-refractivity contribution in [3.63, 3.8) is 0 Å². The van der Waals surface area contributed by atoms with Gasteiger partial charge in [0.15, 0.2) is 5.82 Å². The average molecular weight is 339 g/mol. The number of amides is 1. The molecule has 6 nitrogen and oxygen atoms in total. The second-order valence-electron chi connectivity index (χ2n) is 7.22. The van der Waals surface area contributed by atoms with Gasteiger partial charge < -0.3 is 9.80 Å². The molecule has 2 aliphatic heterocycles. The predicted octanol–water partition coefficient (Wildman–Crippen LogP) is 2.56. The summed E-state index contributed by atoms with van der Waals surface area (Å²) in [7, 11) is 0. The Bertz CT molecular complexity index is 769. The van der Waals surface area contributed by atoms with Crippen LogP contribution in [0.4, 0.5) is 5.82 Å². The van der Waals surface area contributed by atoms with Gasteiger partial charge in [-0.1, -0.05) is 0 Å². The third-order valence-corrected chi connectivity index (χ3v) is 5.49. The number of hydrogen-bond acceptors (Lipinski definition) is 5. The topological polar surface area (TPSA) is 62.2 Å². The smallest absolute Gasteiger partial charge is 0.222 e. The Morgan fingerprint density at radius 1 is 1.16 bits per heavy atom. The van der Waals surface area contributed by atoms with E-state index in [1.807, 2.05) is 24.0 Å². The number of aryl methyl sites for hydroxylation is 1. The zero-order valence-electron chi connectivity index (χ0n) is 14.8. The van der Waals surface area contributed by atoms with Crippen molar-refractivity contribution < 1.29 is 4.79 Å². The first kappa shape index (κ1) is 16.2. The molecule has 2 fully saturated rings. The molecular formula is C19H25N5O. The Balaban J connectivity index is 1.39. The highest BCUT2D eigenvalue weighted by Crippen LogP contribution is 2.28. The lowest BCUT2D eigenvalue weighted by atomic mass is 9.93. The summed E-state index contributed by atoms with van der Waals surface area (Å²) < 4.78 is 0. The minimum absolute atomic E-state index is 0.339. The molecule has 1 amide bonds. The molecule has 2 aromatic rings. The molecule has 2 aromatic heterocycles. The Morgan fingerprint density at radius 3 is 2.76 bits per heavy atom. The number of nitrogens with zero attached hydrogens (tertiary/aromatic N) is 5. The van der Waals surface area contributed by atoms with Gasteiger partial charge in [0.2, 0.25) is 5.91 Å². The zero-order chi connectivity index (χ0) is 17.2. The summed E-state index contributed by atoms with van der Waals surface area (Å²) in [6, 6.07) is 4.01. The van der Waals surface area contributed by atoms with Gasteiger partial charge in [-0.3, -0.25) is 4.79 Å². The lowest BCUT2D eigenvalue weighted by Gasteiger charge is -2.33. The number of likely N-dealkylation sites (tertiary alicyclic amines) is 1. The van der Waals surface area contributed by atoms with Crippen LogP contribution < -0.4 is 4.90 Å². The zero-order valence-corrected chi connectivity index (χ0v) is 14.8. The molecule has 0 aromatic carbocycles. The van der Waals surface area contributed by atoms with Crippen LogP contribution in [0.15, 0.2) is 18.5 Å². The van der Waals surface area contributed by atoms with Gasteiger partial charge in [0.1, 0.15) is 11.8 Å². The molecule has 4 rings (SSSR count). The van der Waals surface area contributed by atoms with Gasteiger partial charge in [-0.05, 0) is 50.7 Å². The molecule has 2 saturated heterocycles. The Hall–Kier alpha value is -2.24. The van der Waals surface area contributed by atoms with E-state index in [0.29, 0.717) is 11.8 Å². The summed E-state index contributed by atoms with van der Waals surface area (Å²) in [5, 5.41) is 0. The van der Waals surface area contributed by atoms with Crippen molar-refractivity contribution >= 4 is 22.8 Å². The van der Waals surface area contributed by atoms with E-state index in [9.17, 15) is 4.79 Å². The lowest BCUT2D eigenvalue weighted by Crippen LogP contribution is -2.36. The van der Waals surface area contributed by atoms with E-state index in [2.05, 4.69) is 19.9 Å². The van der Waals surface area contributed by atoms with Crippen molar-refractivity contribution in [1.29, 1.82) is 0 Å². The Labute approximate surface area is 148 Å². The molecule has 6 heteroatoms. The van der Waals surface area contributed by atoms with Crippen molar-refractivity contribution in [1.82, 2.24) is 19.9 Å². The molecule has 0 atom stereocenters. The standard InChI is InChI=1S/C19H25N5O/c1-14-4-5-16-18(22-14)19(21-13-20-16)24-11-7-15(8-12-24)6-10-23-9-2-3-17(23)25/h4-5,13,15H,2-3,6-12H2,1H3. The van der Waals surface area contributed by atoms with Crippen LogP contribution >= 0.6 is 0 Å². The average Bonchev–Trinajstić information content (AvgIpc) is 3.05. The Kier molecular flexibility index (Phi) is 4.51. The highest BCUT2D eigenvalue weighted by atomic mass is 16.2. The largest absolute Gasteiger partial charge is 0.355 e. The van der Waals surface area contributed by atoms with Gasteiger partial charge in [0, 0.05) is 38.3 Å². The van der Waals surface area contributed by atoms with Gasteiger partial charge >= 0.3 is 0 Å². The predicted molar refractivity (Wildman–Crippen MR) is 97.4 cm³/mol. The van der Waals surface area contributed by atoms with Crippen molar-refractivity contribution in [3.05, 3.63) is 24.2 Å². The number of anilines is 1. The quantitative estimate of drug-likeness (QED) is 0.857. The van der Waals surface area contributed by atoms with Gasteiger partial charge in [-0.15, -0.1) is 0 Å². The molecular weight excluding hydrogens is 314 g/mol. The van der Waals surface area contributed by atoms with Crippen molar-refractivity contribution in [2.75, 3.05) is 31.1 Å². The first-order chi connectivity index (χ1) is 12.2. The summed E-state index contributed by atoms with van der Waals surface area (Å²) in [6.07, 6.45) is 6.84. The van der Waals surface area contributed by atoms with Gasteiger partial charge in [-0.25, -0.2) is 15.0 Å². The number of aromatic nitrogens is 3. The molecule has 4 heterocycles. The Morgan fingerprint density at radius 2 is 2.00 bits per heavy atom. The van der Waals surface area contributed by atoms with Gasteiger partial charge in [0.25, 0.3) is 0 Å². The number of fused-ring (bicyclic) bond motifs is 1. The number of piperidine rings is 1. The summed E-state index contributed by atoms with van der Waals surface area (Å²) in [5.41, 5.74) is 2.81. The maximum atomic E-state index is 11.7. The number of carbonyl (C=O) groups is 1. The number of carbonyl (C=O) groups excluding carboxylic acids is 1. The number of pyridine rings is 1. The molecule has 2 aliphatic rings. The first-order valence-corrected chi connectivity index (χ1v) is 9.32. The van der Waals surface area contributed by atoms with E-state index in [4.69, 9.17) is 0 Å². The molecule has 0 bridgehead atoms. The third-order valence-electron chi connectivity index (χ3n) is 5.49. The highest BCUT2D eigenvalue weighted by Gasteiger charge is 2.25. The fourth-order valence-electron chi connectivity index (χ4n) is 3.97. The molecule has 0 aliphatic carbocycles. The van der Waals surface area contributed by atoms with E-state index < -0.39 is 0 Å². The van der Waals surface area contributed by atoms with Crippen LogP contribution in [0.25, 0.3) is 11.0 Å². The van der Waals surface area contributed by atoms with Crippen molar-refractivity contribution in [3.8, 4) is 0 Å². The fraction of sp³-hybridized carbons (Fsp3) is 0.579. The van der Waals surface area contributed by atoms with Crippen LogP contribution in [-0.4, -0.2) is 51.9 Å². The van der Waals surface area contributed by atoms with Crippen LogP contribution in [0.2, 0.25) is 0 Å². The molecule has 0 saturated carbocycles. The van der Waals surface area contributed by atoms with Crippen LogP contribution in [0.3, 0.4) is 0 Å². The lowest BCUT2D eigenvalue weighted by molar-refractivity contribution is -0.127. The summed E-state index contributed by atoms with van der Waals surface area (Å²) >= 11 is 0. The van der Waals surface area contributed by atoms with Gasteiger partial charge in [0.05, 0.1) is 5.52 Å². The molecule has 0 spiro atoms. The van der Waals surface area contributed by atoms with Crippen molar-refractivity contribution in [2.24, 2.45) is 5.92 Å². The SMILES string of the molecule is Cc1ccc2ncnc(N3CCC(CCN4CCCC4=O)CC3)c2n1. The van der Waals surface area contributed by atoms with E-state index in [1.165, 1.54) is 0 Å². The van der Waals surface area contributed by atoms with Crippen LogP contribution in [0, 0.1) is 12.8 Å². The fourth-order valence-corrected chi connectivity index (χ4v) is 3.97. The molecule has 132 valence electrons. The maximum Gasteiger partial charge on any atom is 0.222 e. The number of hydrogen-bond donors (Lipinski definition) is 0. The number of rotatable bonds is 4. The van der Waals surface area contributed by atoms with Gasteiger partial charge in [-0.2, -0.15) is 0 Å². The van der Waals surface area contributed by atoms with Crippen molar-refractivity contribution in [2.45, 2.75) is 39.0 Å². The van der Waals surface area contributed by atoms with E-state index in [1.54, 1.807) is 6.33 Å². The minimum Gasteiger partial charge on any atom is -0.355 e. The van der Waals surface area contributed by atoms with Crippen LogP contribution in [-0.2, 0) is 4.79 Å². The molecule has 0 N–H and O–H groups in total. The normalized spacial score (nSPS) is 19.2. The van der Waals surface area contributed by atoms with Crippen LogP contribution in [0.5, 0.6) is 0 Å². The first-order valence-electron chi connectivity index (χ1n) is 9.32. The second kappa shape index (κ2) is 6.94. The molecule has 25 heavy (non-hydrogen) atoms. The van der Waals surface area contributed by atoms with E-state index in [0.717, 1.165) is 80.8 Å². The van der Waals surface area contributed by atoms with Crippen LogP contribution in [0.1, 0.15) is 37.8 Å². The molecule has 0 radical (unpaired) electrons. The maximum absolute atomic E-state index is 11.7. The monoisotopic (exact) mass is 339 g/mol. The highest BCUT2D eigenvalue weighted by molar-refractivity contribution is 5.85. The second-order valence-corrected chi connectivity index (χ2v) is 7.22. The summed E-state index contributed by atoms with van der Waals surface area (Å²) in [6.45, 7) is 5.89. The molecule has 0 unspecified atom stereocenters. The van der Waals surface area contributed by atoms with E-state index >= 15 is 0 Å². The summed E-state index contributed by atoms with van der Waals surface area (Å²) in [5.74, 6) is 2.00.